The maximum atomic E-state index is 12.0. The third-order valence-corrected chi connectivity index (χ3v) is 6.37. The van der Waals surface area contributed by atoms with E-state index in [1.807, 2.05) is 36.3 Å². The number of aromatic nitrogens is 1. The molecule has 1 unspecified atom stereocenters. The Morgan fingerprint density at radius 1 is 1.20 bits per heavy atom. The molecule has 1 aromatic carbocycles. The van der Waals surface area contributed by atoms with Gasteiger partial charge in [0, 0.05) is 62.7 Å². The summed E-state index contributed by atoms with van der Waals surface area (Å²) >= 11 is 14.2. The highest BCUT2D eigenvalue weighted by Crippen LogP contribution is 2.42. The second-order valence-electron chi connectivity index (χ2n) is 6.87. The highest BCUT2D eigenvalue weighted by Gasteiger charge is 2.27. The maximum Gasteiger partial charge on any atom is 0.151 e. The summed E-state index contributed by atoms with van der Waals surface area (Å²) in [7, 11) is 1.93. The highest BCUT2D eigenvalue weighted by molar-refractivity contribution is 7.13. The summed E-state index contributed by atoms with van der Waals surface area (Å²) in [6.45, 7) is 2.05. The minimum atomic E-state index is -0.748. The predicted molar refractivity (Wildman–Crippen MR) is 124 cm³/mol. The summed E-state index contributed by atoms with van der Waals surface area (Å²) in [5, 5.41) is 4.51. The highest BCUT2D eigenvalue weighted by atomic mass is 35.5. The molecule has 0 N–H and O–H groups in total. The minimum Gasteiger partial charge on any atom is -0.344 e. The smallest absolute Gasteiger partial charge is 0.151 e. The van der Waals surface area contributed by atoms with E-state index in [1.54, 1.807) is 41.9 Å². The van der Waals surface area contributed by atoms with Gasteiger partial charge in [-0.25, -0.2) is 0 Å². The van der Waals surface area contributed by atoms with Crippen LogP contribution in [0.2, 0.25) is 10.0 Å². The van der Waals surface area contributed by atoms with Crippen LogP contribution in [0.1, 0.15) is 26.9 Å². The van der Waals surface area contributed by atoms with Crippen molar-refractivity contribution in [1.82, 2.24) is 9.88 Å². The molecule has 0 fully saturated rings. The summed E-state index contributed by atoms with van der Waals surface area (Å²) in [6.07, 6.45) is 5.32. The van der Waals surface area contributed by atoms with Gasteiger partial charge in [0.15, 0.2) is 6.04 Å². The van der Waals surface area contributed by atoms with Crippen LogP contribution in [0.4, 0.5) is 0 Å². The lowest BCUT2D eigenvalue weighted by molar-refractivity contribution is 0.651. The summed E-state index contributed by atoms with van der Waals surface area (Å²) in [6, 6.07) is 12.3. The number of nitrogens with zero attached hydrogens (tertiary/aromatic N) is 3. The molecule has 150 valence electrons. The molecule has 2 aromatic heterocycles. The number of pyridine rings is 1. The van der Waals surface area contributed by atoms with E-state index in [-0.39, 0.29) is 0 Å². The predicted octanol–water partition coefficient (Wildman–Crippen LogP) is 7.12. The number of benzene rings is 1. The molecule has 3 aromatic rings. The van der Waals surface area contributed by atoms with Crippen molar-refractivity contribution >= 4 is 45.8 Å². The van der Waals surface area contributed by atoms with Gasteiger partial charge in [0.2, 0.25) is 0 Å². The normalized spacial score (nSPS) is 14.7. The number of nitroso groups, excluding NO2 is 1. The van der Waals surface area contributed by atoms with Gasteiger partial charge >= 0.3 is 0 Å². The fourth-order valence-corrected chi connectivity index (χ4v) is 4.75. The molecule has 1 aliphatic heterocycles. The van der Waals surface area contributed by atoms with Gasteiger partial charge in [-0.3, -0.25) is 4.98 Å². The number of rotatable bonds is 5. The standard InChI is InChI=1S/C23H17Cl2N3OS/c1-14-5-8-22(30-14)19-13-28(2)21(17-7-6-16(24)10-20(17)25)11-18(19)23(27-29)15-4-3-9-26-12-15/h3-10,12-13,23H,1-2H3. The van der Waals surface area contributed by atoms with Gasteiger partial charge in [0.25, 0.3) is 0 Å². The Morgan fingerprint density at radius 3 is 2.67 bits per heavy atom. The zero-order valence-electron chi connectivity index (χ0n) is 16.3. The third kappa shape index (κ3) is 3.98. The summed E-state index contributed by atoms with van der Waals surface area (Å²) in [4.78, 5) is 20.3. The number of halogens is 2. The minimum absolute atomic E-state index is 0.511. The molecule has 0 bridgehead atoms. The Kier molecular flexibility index (Phi) is 5.89. The van der Waals surface area contributed by atoms with Crippen molar-refractivity contribution in [3.8, 4) is 0 Å². The number of thiophene rings is 1. The zero-order chi connectivity index (χ0) is 21.3. The first kappa shape index (κ1) is 20.6. The molecule has 0 aliphatic carbocycles. The fourth-order valence-electron chi connectivity index (χ4n) is 3.36. The average Bonchev–Trinajstić information content (AvgIpc) is 3.17. The van der Waals surface area contributed by atoms with Crippen molar-refractivity contribution in [1.29, 1.82) is 0 Å². The van der Waals surface area contributed by atoms with Crippen LogP contribution < -0.4 is 0 Å². The van der Waals surface area contributed by atoms with Gasteiger partial charge in [-0.2, -0.15) is 0 Å². The zero-order valence-corrected chi connectivity index (χ0v) is 18.6. The van der Waals surface area contributed by atoms with Crippen molar-refractivity contribution in [2.75, 3.05) is 7.05 Å². The van der Waals surface area contributed by atoms with Gasteiger partial charge in [-0.15, -0.1) is 16.2 Å². The fraction of sp³-hybridized carbons (Fsp3) is 0.130. The van der Waals surface area contributed by atoms with E-state index in [9.17, 15) is 4.91 Å². The summed E-state index contributed by atoms with van der Waals surface area (Å²) < 4.78 is 0. The molecule has 1 aliphatic rings. The van der Waals surface area contributed by atoms with Crippen LogP contribution >= 0.6 is 34.5 Å². The number of hydrogen-bond acceptors (Lipinski definition) is 5. The molecule has 0 spiro atoms. The lowest BCUT2D eigenvalue weighted by Crippen LogP contribution is -2.15. The molecule has 1 atom stereocenters. The van der Waals surface area contributed by atoms with E-state index in [4.69, 9.17) is 23.2 Å². The van der Waals surface area contributed by atoms with Crippen LogP contribution in [0, 0.1) is 11.8 Å². The van der Waals surface area contributed by atoms with Crippen molar-refractivity contribution in [2.45, 2.75) is 13.0 Å². The van der Waals surface area contributed by atoms with Gasteiger partial charge in [-0.1, -0.05) is 40.2 Å². The number of hydrogen-bond donors (Lipinski definition) is 0. The van der Waals surface area contributed by atoms with Crippen molar-refractivity contribution in [3.05, 3.63) is 108 Å². The van der Waals surface area contributed by atoms with Crippen LogP contribution in [-0.2, 0) is 0 Å². The van der Waals surface area contributed by atoms with Gasteiger partial charge in [0.1, 0.15) is 0 Å². The van der Waals surface area contributed by atoms with E-state index >= 15 is 0 Å². The first-order valence-corrected chi connectivity index (χ1v) is 10.8. The van der Waals surface area contributed by atoms with Crippen molar-refractivity contribution in [3.63, 3.8) is 0 Å². The first-order chi connectivity index (χ1) is 14.5. The molecule has 4 nitrogen and oxygen atoms in total. The summed E-state index contributed by atoms with van der Waals surface area (Å²) in [5.74, 6) is 0. The largest absolute Gasteiger partial charge is 0.344 e. The molecular weight excluding hydrogens is 437 g/mol. The van der Waals surface area contributed by atoms with Crippen molar-refractivity contribution < 1.29 is 0 Å². The Hall–Kier alpha value is -2.69. The van der Waals surface area contributed by atoms with Crippen LogP contribution in [0.3, 0.4) is 0 Å². The number of aryl methyl sites for hydroxylation is 1. The molecule has 3 heterocycles. The SMILES string of the molecule is Cc1ccc(C2=CN(C)C(c3ccc(Cl)cc3Cl)=C=C2C(N=O)c2cccnc2)s1. The van der Waals surface area contributed by atoms with Gasteiger partial charge in [0.05, 0.1) is 10.7 Å². The van der Waals surface area contributed by atoms with Crippen LogP contribution in [0.5, 0.6) is 0 Å². The molecule has 7 heteroatoms. The molecule has 0 amide bonds. The van der Waals surface area contributed by atoms with Crippen LogP contribution in [0.25, 0.3) is 11.3 Å². The monoisotopic (exact) mass is 453 g/mol. The quantitative estimate of drug-likeness (QED) is 0.305. The second kappa shape index (κ2) is 8.58. The molecule has 0 saturated heterocycles. The van der Waals surface area contributed by atoms with Crippen LogP contribution in [0.15, 0.2) is 77.5 Å². The Bertz CT molecular complexity index is 1210. The topological polar surface area (TPSA) is 45.6 Å². The Labute approximate surface area is 188 Å². The Balaban J connectivity index is 1.97. The van der Waals surface area contributed by atoms with E-state index in [0.717, 1.165) is 21.7 Å². The van der Waals surface area contributed by atoms with E-state index < -0.39 is 6.04 Å². The van der Waals surface area contributed by atoms with Gasteiger partial charge in [-0.05, 0) is 43.3 Å². The average molecular weight is 454 g/mol. The molecule has 4 rings (SSSR count). The molecule has 30 heavy (non-hydrogen) atoms. The van der Waals surface area contributed by atoms with E-state index in [0.29, 0.717) is 21.2 Å². The Morgan fingerprint density at radius 2 is 2.03 bits per heavy atom. The molecule has 0 radical (unpaired) electrons. The second-order valence-corrected chi connectivity index (χ2v) is 9.00. The summed E-state index contributed by atoms with van der Waals surface area (Å²) in [5.41, 5.74) is 7.23. The maximum absolute atomic E-state index is 12.0. The van der Waals surface area contributed by atoms with Crippen LogP contribution in [-0.4, -0.2) is 16.9 Å². The van der Waals surface area contributed by atoms with E-state index in [1.165, 1.54) is 4.88 Å². The van der Waals surface area contributed by atoms with Gasteiger partial charge < -0.3 is 4.90 Å². The van der Waals surface area contributed by atoms with E-state index in [2.05, 4.69) is 28.9 Å². The van der Waals surface area contributed by atoms with Crippen molar-refractivity contribution in [2.24, 2.45) is 5.18 Å². The first-order valence-electron chi connectivity index (χ1n) is 9.18. The third-order valence-electron chi connectivity index (χ3n) is 4.79. The lowest BCUT2D eigenvalue weighted by Gasteiger charge is -2.26. The lowest BCUT2D eigenvalue weighted by atomic mass is 9.91. The molecule has 0 saturated carbocycles. The molecular formula is C23H17Cl2N3OS.